The Kier molecular flexibility index (Phi) is 4.80. The largest absolute Gasteiger partial charge is 0.324 e. The van der Waals surface area contributed by atoms with E-state index in [1.54, 1.807) is 12.1 Å². The van der Waals surface area contributed by atoms with Crippen molar-refractivity contribution in [2.45, 2.75) is 17.1 Å². The fourth-order valence-electron chi connectivity index (χ4n) is 2.51. The number of rotatable bonds is 3. The molecule has 0 saturated heterocycles. The van der Waals surface area contributed by atoms with Gasteiger partial charge in [-0.15, -0.1) is 11.3 Å². The number of halogens is 1. The van der Waals surface area contributed by atoms with Gasteiger partial charge in [0.15, 0.2) is 9.84 Å². The number of thiophene rings is 1. The van der Waals surface area contributed by atoms with Gasteiger partial charge < -0.3 is 5.32 Å². The molecule has 2 amide bonds. The Morgan fingerprint density at radius 2 is 2.08 bits per heavy atom. The molecule has 0 fully saturated rings. The predicted molar refractivity (Wildman–Crippen MR) is 102 cm³/mol. The second-order valence-corrected chi connectivity index (χ2v) is 9.56. The van der Waals surface area contributed by atoms with Crippen LogP contribution in [0.2, 0.25) is 0 Å². The van der Waals surface area contributed by atoms with Crippen molar-refractivity contribution in [3.63, 3.8) is 0 Å². The van der Waals surface area contributed by atoms with E-state index in [0.29, 0.717) is 26.9 Å². The summed E-state index contributed by atoms with van der Waals surface area (Å²) >= 11 is 4.45. The summed E-state index contributed by atoms with van der Waals surface area (Å²) in [5.74, 6) is 0. The lowest BCUT2D eigenvalue weighted by Crippen LogP contribution is -2.19. The molecule has 126 valence electrons. The Balaban J connectivity index is 1.86. The van der Waals surface area contributed by atoms with Crippen molar-refractivity contribution < 1.29 is 13.2 Å². The molecule has 2 N–H and O–H groups in total. The highest BCUT2D eigenvalue weighted by Gasteiger charge is 2.24. The molecule has 0 saturated carbocycles. The number of amides is 2. The molecule has 1 aromatic carbocycles. The average Bonchev–Trinajstić information content (AvgIpc) is 2.86. The van der Waals surface area contributed by atoms with E-state index in [9.17, 15) is 13.2 Å². The molecule has 0 spiro atoms. The van der Waals surface area contributed by atoms with Gasteiger partial charge in [-0.3, -0.25) is 5.32 Å². The summed E-state index contributed by atoms with van der Waals surface area (Å²) in [5.41, 5.74) is 2.23. The van der Waals surface area contributed by atoms with Gasteiger partial charge in [0.05, 0.1) is 0 Å². The number of anilines is 2. The fraction of sp³-hybridized carbons (Fsp3) is 0.188. The van der Waals surface area contributed by atoms with E-state index in [4.69, 9.17) is 0 Å². The van der Waals surface area contributed by atoms with E-state index in [1.807, 2.05) is 24.3 Å². The lowest BCUT2D eigenvalue weighted by atomic mass is 10.0. The third-order valence-electron chi connectivity index (χ3n) is 3.51. The van der Waals surface area contributed by atoms with E-state index >= 15 is 0 Å². The smallest absolute Gasteiger partial charge is 0.308 e. The van der Waals surface area contributed by atoms with Gasteiger partial charge in [0.2, 0.25) is 0 Å². The van der Waals surface area contributed by atoms with Crippen LogP contribution in [-0.2, 0) is 16.3 Å². The monoisotopic (exact) mass is 426 g/mol. The summed E-state index contributed by atoms with van der Waals surface area (Å²) in [6.45, 7) is 0. The quantitative estimate of drug-likeness (QED) is 0.757. The third-order valence-corrected chi connectivity index (χ3v) is 7.01. The first-order valence-corrected chi connectivity index (χ1v) is 10.7. The first-order valence-electron chi connectivity index (χ1n) is 7.20. The minimum atomic E-state index is -3.33. The SMILES string of the molecule is CS(=O)(=O)c1sc(NC(=O)Nc2cccc(Br)c2)c2c1C=CCC2. The van der Waals surface area contributed by atoms with Crippen LogP contribution in [0.25, 0.3) is 6.08 Å². The van der Waals surface area contributed by atoms with Crippen LogP contribution in [0.4, 0.5) is 15.5 Å². The van der Waals surface area contributed by atoms with Gasteiger partial charge in [-0.25, -0.2) is 13.2 Å². The summed E-state index contributed by atoms with van der Waals surface area (Å²) in [7, 11) is -3.33. The van der Waals surface area contributed by atoms with Gasteiger partial charge in [-0.1, -0.05) is 34.1 Å². The Bertz CT molecular complexity index is 933. The Morgan fingerprint density at radius 1 is 1.29 bits per heavy atom. The van der Waals surface area contributed by atoms with Gasteiger partial charge in [0.1, 0.15) is 9.21 Å². The molecule has 0 bridgehead atoms. The highest BCUT2D eigenvalue weighted by atomic mass is 79.9. The number of fused-ring (bicyclic) bond motifs is 1. The number of benzene rings is 1. The molecule has 0 atom stereocenters. The molecule has 24 heavy (non-hydrogen) atoms. The maximum atomic E-state index is 12.2. The van der Waals surface area contributed by atoms with Crippen molar-refractivity contribution in [3.05, 3.63) is 45.9 Å². The topological polar surface area (TPSA) is 75.3 Å². The van der Waals surface area contributed by atoms with Gasteiger partial charge in [0, 0.05) is 22.0 Å². The molecule has 2 aromatic rings. The van der Waals surface area contributed by atoms with Gasteiger partial charge >= 0.3 is 6.03 Å². The van der Waals surface area contributed by atoms with Crippen molar-refractivity contribution in [1.82, 2.24) is 0 Å². The molecule has 1 heterocycles. The second kappa shape index (κ2) is 6.70. The summed E-state index contributed by atoms with van der Waals surface area (Å²) in [6.07, 6.45) is 6.50. The van der Waals surface area contributed by atoms with Gasteiger partial charge in [-0.05, 0) is 36.6 Å². The Morgan fingerprint density at radius 3 is 2.79 bits per heavy atom. The summed E-state index contributed by atoms with van der Waals surface area (Å²) < 4.78 is 25.1. The highest BCUT2D eigenvalue weighted by Crippen LogP contribution is 2.40. The van der Waals surface area contributed by atoms with Crippen LogP contribution >= 0.6 is 27.3 Å². The zero-order valence-corrected chi connectivity index (χ0v) is 16.0. The molecule has 8 heteroatoms. The third kappa shape index (κ3) is 3.71. The summed E-state index contributed by atoms with van der Waals surface area (Å²) in [5, 5.41) is 6.12. The minimum absolute atomic E-state index is 0.297. The lowest BCUT2D eigenvalue weighted by molar-refractivity contribution is 0.262. The number of hydrogen-bond acceptors (Lipinski definition) is 4. The van der Waals surface area contributed by atoms with Crippen LogP contribution in [-0.4, -0.2) is 20.7 Å². The number of nitrogens with one attached hydrogen (secondary N) is 2. The molecule has 1 aliphatic rings. The number of hydrogen-bond donors (Lipinski definition) is 2. The fourth-order valence-corrected chi connectivity index (χ4v) is 5.32. The normalized spacial score (nSPS) is 13.4. The molecular weight excluding hydrogens is 412 g/mol. The van der Waals surface area contributed by atoms with Crippen LogP contribution in [0, 0.1) is 0 Å². The van der Waals surface area contributed by atoms with Crippen LogP contribution < -0.4 is 10.6 Å². The minimum Gasteiger partial charge on any atom is -0.308 e. The molecular formula is C16H15BrN2O3S2. The van der Waals surface area contributed by atoms with Crippen LogP contribution in [0.1, 0.15) is 17.5 Å². The second-order valence-electron chi connectivity index (χ2n) is 5.41. The van der Waals surface area contributed by atoms with E-state index in [1.165, 1.54) is 6.26 Å². The first kappa shape index (κ1) is 17.2. The van der Waals surface area contributed by atoms with Crippen LogP contribution in [0.15, 0.2) is 39.0 Å². The molecule has 0 radical (unpaired) electrons. The van der Waals surface area contributed by atoms with Crippen molar-refractivity contribution in [2.24, 2.45) is 0 Å². The molecule has 1 aliphatic carbocycles. The van der Waals surface area contributed by atoms with E-state index in [0.717, 1.165) is 27.8 Å². The van der Waals surface area contributed by atoms with Crippen molar-refractivity contribution in [1.29, 1.82) is 0 Å². The molecule has 1 aromatic heterocycles. The summed E-state index contributed by atoms with van der Waals surface area (Å²) in [4.78, 5) is 12.2. The number of urea groups is 1. The van der Waals surface area contributed by atoms with E-state index in [-0.39, 0.29) is 0 Å². The average molecular weight is 427 g/mol. The van der Waals surface area contributed by atoms with Crippen molar-refractivity contribution >= 4 is 59.9 Å². The highest BCUT2D eigenvalue weighted by molar-refractivity contribution is 9.10. The predicted octanol–water partition coefficient (Wildman–Crippen LogP) is 4.52. The Hall–Kier alpha value is -1.64. The number of carbonyl (C=O) groups excluding carboxylic acids is 1. The maximum absolute atomic E-state index is 12.2. The number of allylic oxidation sites excluding steroid dienone is 1. The first-order chi connectivity index (χ1) is 11.3. The Labute approximate surface area is 152 Å². The zero-order valence-electron chi connectivity index (χ0n) is 12.8. The molecule has 3 rings (SSSR count). The van der Waals surface area contributed by atoms with E-state index in [2.05, 4.69) is 26.6 Å². The lowest BCUT2D eigenvalue weighted by Gasteiger charge is -2.10. The van der Waals surface area contributed by atoms with E-state index < -0.39 is 15.9 Å². The number of carbonyl (C=O) groups is 1. The molecule has 0 aliphatic heterocycles. The van der Waals surface area contributed by atoms with Crippen molar-refractivity contribution in [3.8, 4) is 0 Å². The van der Waals surface area contributed by atoms with Gasteiger partial charge in [0.25, 0.3) is 0 Å². The molecule has 5 nitrogen and oxygen atoms in total. The summed E-state index contributed by atoms with van der Waals surface area (Å²) in [6, 6.07) is 6.85. The maximum Gasteiger partial charge on any atom is 0.324 e. The van der Waals surface area contributed by atoms with Crippen LogP contribution in [0.3, 0.4) is 0 Å². The number of sulfone groups is 1. The zero-order chi connectivity index (χ0) is 17.3. The molecule has 0 unspecified atom stereocenters. The van der Waals surface area contributed by atoms with Crippen LogP contribution in [0.5, 0.6) is 0 Å². The van der Waals surface area contributed by atoms with Gasteiger partial charge in [-0.2, -0.15) is 0 Å². The van der Waals surface area contributed by atoms with Crippen molar-refractivity contribution in [2.75, 3.05) is 16.9 Å². The standard InChI is InChI=1S/C16H15BrN2O3S2/c1-24(21,22)15-13-8-3-2-7-12(13)14(23-15)19-16(20)18-11-6-4-5-10(17)9-11/h3-6,8-9H,2,7H2,1H3,(H2,18,19,20).